The van der Waals surface area contributed by atoms with Crippen LogP contribution in [0.15, 0.2) is 42.5 Å². The van der Waals surface area contributed by atoms with E-state index in [1.165, 1.54) is 0 Å². The molecule has 2 aliphatic heterocycles. The van der Waals surface area contributed by atoms with Crippen molar-refractivity contribution in [1.29, 1.82) is 0 Å². The molecular weight excluding hydrogens is 533 g/mol. The third-order valence-electron chi connectivity index (χ3n) is 7.65. The number of amides is 3. The number of carbonyl (C=O) groups is 3. The van der Waals surface area contributed by atoms with Gasteiger partial charge in [-0.05, 0) is 54.2 Å². The second-order valence-electron chi connectivity index (χ2n) is 10.1. The number of rotatable bonds is 5. The SMILES string of the molecule is CC(=O)N1CCC(C(=O)N2CCC(NC(=O)c3ccc(CCl)cc3)C(c3ccc(Cl)c(Cl)c3)C2)C(C)C1. The van der Waals surface area contributed by atoms with Crippen molar-refractivity contribution in [3.05, 3.63) is 69.2 Å². The van der Waals surface area contributed by atoms with Crippen LogP contribution >= 0.6 is 34.8 Å². The van der Waals surface area contributed by atoms with Crippen molar-refractivity contribution in [3.63, 3.8) is 0 Å². The third kappa shape index (κ3) is 6.42. The van der Waals surface area contributed by atoms with Crippen molar-refractivity contribution >= 4 is 52.5 Å². The fourth-order valence-corrected chi connectivity index (χ4v) is 5.92. The maximum Gasteiger partial charge on any atom is 0.251 e. The van der Waals surface area contributed by atoms with Gasteiger partial charge in [0, 0.05) is 62.4 Å². The highest BCUT2D eigenvalue weighted by Gasteiger charge is 2.39. The van der Waals surface area contributed by atoms with E-state index in [0.29, 0.717) is 60.5 Å². The molecule has 0 aromatic heterocycles. The minimum absolute atomic E-state index is 0.0475. The van der Waals surface area contributed by atoms with Crippen LogP contribution in [0.25, 0.3) is 0 Å². The molecule has 4 rings (SSSR count). The van der Waals surface area contributed by atoms with E-state index in [9.17, 15) is 14.4 Å². The van der Waals surface area contributed by atoms with Gasteiger partial charge >= 0.3 is 0 Å². The van der Waals surface area contributed by atoms with Crippen molar-refractivity contribution in [3.8, 4) is 0 Å². The van der Waals surface area contributed by atoms with Crippen LogP contribution in [0.3, 0.4) is 0 Å². The van der Waals surface area contributed by atoms with Crippen molar-refractivity contribution in [2.75, 3.05) is 26.2 Å². The number of alkyl halides is 1. The van der Waals surface area contributed by atoms with Crippen molar-refractivity contribution in [2.24, 2.45) is 11.8 Å². The number of piperidine rings is 2. The average molecular weight is 565 g/mol. The molecular formula is C28H32Cl3N3O3. The van der Waals surface area contributed by atoms with Gasteiger partial charge in [-0.2, -0.15) is 0 Å². The Hall–Kier alpha value is -2.28. The summed E-state index contributed by atoms with van der Waals surface area (Å²) in [7, 11) is 0. The minimum atomic E-state index is -0.182. The molecule has 3 amide bonds. The molecule has 4 unspecified atom stereocenters. The highest BCUT2D eigenvalue weighted by molar-refractivity contribution is 6.42. The predicted octanol–water partition coefficient (Wildman–Crippen LogP) is 5.35. The highest BCUT2D eigenvalue weighted by atomic mass is 35.5. The summed E-state index contributed by atoms with van der Waals surface area (Å²) in [6, 6.07) is 12.5. The zero-order chi connectivity index (χ0) is 26.7. The van der Waals surface area contributed by atoms with Gasteiger partial charge < -0.3 is 15.1 Å². The Labute approximate surface area is 233 Å². The molecule has 6 nitrogen and oxygen atoms in total. The summed E-state index contributed by atoms with van der Waals surface area (Å²) < 4.78 is 0. The molecule has 0 aliphatic carbocycles. The molecule has 0 spiro atoms. The lowest BCUT2D eigenvalue weighted by molar-refractivity contribution is -0.143. The molecule has 2 fully saturated rings. The summed E-state index contributed by atoms with van der Waals surface area (Å²) in [5.41, 5.74) is 2.43. The summed E-state index contributed by atoms with van der Waals surface area (Å²) in [6.07, 6.45) is 1.27. The highest BCUT2D eigenvalue weighted by Crippen LogP contribution is 2.34. The van der Waals surface area contributed by atoms with E-state index in [1.807, 2.05) is 41.0 Å². The van der Waals surface area contributed by atoms with Crippen LogP contribution in [0, 0.1) is 11.8 Å². The molecule has 0 radical (unpaired) electrons. The molecule has 198 valence electrons. The van der Waals surface area contributed by atoms with Crippen molar-refractivity contribution < 1.29 is 14.4 Å². The number of hydrogen-bond donors (Lipinski definition) is 1. The monoisotopic (exact) mass is 563 g/mol. The van der Waals surface area contributed by atoms with E-state index >= 15 is 0 Å². The lowest BCUT2D eigenvalue weighted by atomic mass is 9.82. The van der Waals surface area contributed by atoms with Gasteiger partial charge in [-0.25, -0.2) is 0 Å². The standard InChI is InChI=1S/C28H32Cl3N3O3/c1-17-15-33(18(2)35)11-9-22(17)28(37)34-12-10-26(23(16-34)21-7-8-24(30)25(31)13-21)32-27(36)20-5-3-19(14-29)4-6-20/h3-8,13,17,22-23,26H,9-12,14-16H2,1-2H3,(H,32,36). The first-order chi connectivity index (χ1) is 17.7. The lowest BCUT2D eigenvalue weighted by Gasteiger charge is -2.43. The maximum absolute atomic E-state index is 13.6. The molecule has 2 aromatic rings. The summed E-state index contributed by atoms with van der Waals surface area (Å²) in [5, 5.41) is 4.09. The van der Waals surface area contributed by atoms with Crippen LogP contribution in [0.2, 0.25) is 10.0 Å². The molecule has 0 bridgehead atoms. The Morgan fingerprint density at radius 1 is 0.946 bits per heavy atom. The molecule has 2 aliphatic rings. The number of nitrogens with one attached hydrogen (secondary N) is 1. The molecule has 4 atom stereocenters. The summed E-state index contributed by atoms with van der Waals surface area (Å²) in [5.74, 6) is 0.194. The number of nitrogens with zero attached hydrogens (tertiary/aromatic N) is 2. The van der Waals surface area contributed by atoms with Gasteiger partial charge in [-0.3, -0.25) is 14.4 Å². The van der Waals surface area contributed by atoms with Crippen LogP contribution in [0.1, 0.15) is 54.1 Å². The van der Waals surface area contributed by atoms with Gasteiger partial charge in [0.2, 0.25) is 11.8 Å². The van der Waals surface area contributed by atoms with Crippen LogP contribution in [-0.2, 0) is 15.5 Å². The summed E-state index contributed by atoms with van der Waals surface area (Å²) >= 11 is 18.4. The number of halogens is 3. The van der Waals surface area contributed by atoms with Crippen molar-refractivity contribution in [2.45, 2.75) is 44.5 Å². The number of likely N-dealkylation sites (tertiary alicyclic amines) is 2. The van der Waals surface area contributed by atoms with E-state index in [0.717, 1.165) is 11.1 Å². The molecule has 0 saturated carbocycles. The lowest BCUT2D eigenvalue weighted by Crippen LogP contribution is -2.54. The molecule has 2 heterocycles. The van der Waals surface area contributed by atoms with Crippen molar-refractivity contribution in [1.82, 2.24) is 15.1 Å². The molecule has 2 saturated heterocycles. The van der Waals surface area contributed by atoms with E-state index in [-0.39, 0.29) is 41.5 Å². The van der Waals surface area contributed by atoms with E-state index in [4.69, 9.17) is 34.8 Å². The zero-order valence-corrected chi connectivity index (χ0v) is 23.3. The summed E-state index contributed by atoms with van der Waals surface area (Å²) in [4.78, 5) is 42.3. The number of benzene rings is 2. The van der Waals surface area contributed by atoms with Gasteiger partial charge in [0.1, 0.15) is 0 Å². The van der Waals surface area contributed by atoms with Gasteiger partial charge in [-0.15, -0.1) is 11.6 Å². The smallest absolute Gasteiger partial charge is 0.251 e. The quantitative estimate of drug-likeness (QED) is 0.498. The van der Waals surface area contributed by atoms with Gasteiger partial charge in [0.25, 0.3) is 5.91 Å². The largest absolute Gasteiger partial charge is 0.349 e. The Balaban J connectivity index is 1.52. The summed E-state index contributed by atoms with van der Waals surface area (Å²) in [6.45, 7) is 5.82. The second-order valence-corrected chi connectivity index (χ2v) is 11.2. The van der Waals surface area contributed by atoms with Gasteiger partial charge in [0.05, 0.1) is 10.0 Å². The van der Waals surface area contributed by atoms with E-state index < -0.39 is 0 Å². The first-order valence-electron chi connectivity index (χ1n) is 12.6. The van der Waals surface area contributed by atoms with Crippen LogP contribution < -0.4 is 5.32 Å². The fraction of sp³-hybridized carbons (Fsp3) is 0.464. The van der Waals surface area contributed by atoms with Crippen LogP contribution in [-0.4, -0.2) is 59.7 Å². The van der Waals surface area contributed by atoms with Crippen LogP contribution in [0.5, 0.6) is 0 Å². The fourth-order valence-electron chi connectivity index (χ4n) is 5.44. The van der Waals surface area contributed by atoms with Gasteiger partial charge in [-0.1, -0.05) is 48.3 Å². The Morgan fingerprint density at radius 2 is 1.65 bits per heavy atom. The Morgan fingerprint density at radius 3 is 2.27 bits per heavy atom. The first-order valence-corrected chi connectivity index (χ1v) is 13.9. The van der Waals surface area contributed by atoms with E-state index in [1.54, 1.807) is 25.1 Å². The maximum atomic E-state index is 13.6. The van der Waals surface area contributed by atoms with Crippen LogP contribution in [0.4, 0.5) is 0 Å². The third-order valence-corrected chi connectivity index (χ3v) is 8.70. The predicted molar refractivity (Wildman–Crippen MR) is 147 cm³/mol. The number of carbonyl (C=O) groups excluding carboxylic acids is 3. The normalized spacial score (nSPS) is 24.0. The Kier molecular flexibility index (Phi) is 9.04. The average Bonchev–Trinajstić information content (AvgIpc) is 2.90. The van der Waals surface area contributed by atoms with E-state index in [2.05, 4.69) is 5.32 Å². The topological polar surface area (TPSA) is 69.7 Å². The molecule has 9 heteroatoms. The second kappa shape index (κ2) is 12.1. The zero-order valence-electron chi connectivity index (χ0n) is 21.1. The molecule has 1 N–H and O–H groups in total. The molecule has 2 aromatic carbocycles. The number of hydrogen-bond acceptors (Lipinski definition) is 3. The first kappa shape index (κ1) is 27.7. The van der Waals surface area contributed by atoms with Gasteiger partial charge in [0.15, 0.2) is 0 Å². The Bertz CT molecular complexity index is 1160. The minimum Gasteiger partial charge on any atom is -0.349 e. The molecule has 37 heavy (non-hydrogen) atoms.